The van der Waals surface area contributed by atoms with E-state index in [1.165, 1.54) is 0 Å². The number of nitrogens with one attached hydrogen (secondary N) is 1. The predicted octanol–water partition coefficient (Wildman–Crippen LogP) is 3.28. The lowest BCUT2D eigenvalue weighted by atomic mass is 10.0. The molecular formula is C29H46N5O6+. The van der Waals surface area contributed by atoms with Crippen molar-refractivity contribution in [1.82, 2.24) is 14.8 Å². The number of esters is 1. The molecule has 0 spiro atoms. The van der Waals surface area contributed by atoms with Crippen LogP contribution >= 0.6 is 0 Å². The summed E-state index contributed by atoms with van der Waals surface area (Å²) in [5.41, 5.74) is 6.93. The van der Waals surface area contributed by atoms with Gasteiger partial charge in [-0.3, -0.25) is 4.79 Å². The van der Waals surface area contributed by atoms with Gasteiger partial charge >= 0.3 is 12.1 Å². The molecule has 0 aliphatic carbocycles. The van der Waals surface area contributed by atoms with E-state index in [9.17, 15) is 14.4 Å². The zero-order valence-electron chi connectivity index (χ0n) is 25.3. The number of likely N-dealkylation sites (tertiary alicyclic amines) is 1. The van der Waals surface area contributed by atoms with Crippen molar-refractivity contribution in [3.8, 4) is 5.75 Å². The van der Waals surface area contributed by atoms with E-state index in [2.05, 4.69) is 14.5 Å². The van der Waals surface area contributed by atoms with Crippen LogP contribution in [0.4, 0.5) is 4.79 Å². The fourth-order valence-corrected chi connectivity index (χ4v) is 4.94. The Kier molecular flexibility index (Phi) is 9.71. The zero-order valence-corrected chi connectivity index (χ0v) is 25.3. The molecule has 0 unspecified atom stereocenters. The number of carbonyl (C=O) groups is 3. The Bertz CT molecular complexity index is 1230. The fraction of sp³-hybridized carbons (Fsp3) is 0.655. The number of amides is 2. The van der Waals surface area contributed by atoms with Crippen LogP contribution in [-0.4, -0.2) is 64.4 Å². The smallest absolute Gasteiger partial charge is 0.410 e. The van der Waals surface area contributed by atoms with Crippen molar-refractivity contribution in [2.24, 2.45) is 5.73 Å². The number of piperidine rings is 1. The van der Waals surface area contributed by atoms with E-state index in [1.807, 2.05) is 34.6 Å². The van der Waals surface area contributed by atoms with Gasteiger partial charge in [0, 0.05) is 31.3 Å². The monoisotopic (exact) mass is 560 g/mol. The average Bonchev–Trinajstić information content (AvgIpc) is 3.16. The molecule has 222 valence electrons. The van der Waals surface area contributed by atoms with Gasteiger partial charge in [0.05, 0.1) is 25.2 Å². The maximum absolute atomic E-state index is 13.6. The van der Waals surface area contributed by atoms with Crippen LogP contribution in [0.2, 0.25) is 0 Å². The first-order chi connectivity index (χ1) is 18.7. The molecular weight excluding hydrogens is 514 g/mol. The highest BCUT2D eigenvalue weighted by Crippen LogP contribution is 2.28. The standard InChI is InChI=1S/C29H45N5O6/c1-9-33-21-15-20(26(36)31-19-11-13-32(14-12-19)27(37)40-29(6,7)8)23(38-18-25(35)39-28(3,4)5)16-22(21)34(10-2)24(33)17-30/h15-16,19H,9-14,17-18,30H2,1-8H3/p+1. The minimum absolute atomic E-state index is 0.126. The Morgan fingerprint density at radius 1 is 1.02 bits per heavy atom. The number of imidazole rings is 1. The Morgan fingerprint density at radius 2 is 1.65 bits per heavy atom. The van der Waals surface area contributed by atoms with Crippen LogP contribution in [0.1, 0.15) is 84.4 Å². The van der Waals surface area contributed by atoms with Gasteiger partial charge in [-0.2, -0.15) is 0 Å². The van der Waals surface area contributed by atoms with Gasteiger partial charge in [-0.15, -0.1) is 0 Å². The third kappa shape index (κ3) is 7.65. The number of nitrogens with two attached hydrogens (primary N) is 1. The van der Waals surface area contributed by atoms with Gasteiger partial charge in [0.1, 0.15) is 17.0 Å². The lowest BCUT2D eigenvalue weighted by Gasteiger charge is -2.33. The first-order valence-electron chi connectivity index (χ1n) is 14.1. The molecule has 1 fully saturated rings. The minimum atomic E-state index is -0.654. The fourth-order valence-electron chi connectivity index (χ4n) is 4.94. The van der Waals surface area contributed by atoms with Crippen LogP contribution in [0.5, 0.6) is 5.75 Å². The number of nitrogens with zero attached hydrogens (tertiary/aromatic N) is 3. The molecule has 0 saturated carbocycles. The second-order valence-corrected chi connectivity index (χ2v) is 12.0. The maximum Gasteiger partial charge on any atom is 0.410 e. The van der Waals surface area contributed by atoms with Crippen molar-refractivity contribution in [3.05, 3.63) is 23.5 Å². The highest BCUT2D eigenvalue weighted by molar-refractivity contribution is 6.00. The molecule has 0 atom stereocenters. The van der Waals surface area contributed by atoms with Gasteiger partial charge in [0.25, 0.3) is 11.7 Å². The second kappa shape index (κ2) is 12.4. The summed E-state index contributed by atoms with van der Waals surface area (Å²) in [5, 5.41) is 3.11. The lowest BCUT2D eigenvalue weighted by Crippen LogP contribution is -2.47. The van der Waals surface area contributed by atoms with Crippen LogP contribution in [0, 0.1) is 0 Å². The van der Waals surface area contributed by atoms with E-state index in [-0.39, 0.29) is 24.6 Å². The van der Waals surface area contributed by atoms with Crippen molar-refractivity contribution in [2.45, 2.75) is 105 Å². The quantitative estimate of drug-likeness (QED) is 0.374. The van der Waals surface area contributed by atoms with Gasteiger partial charge in [-0.05, 0) is 68.2 Å². The summed E-state index contributed by atoms with van der Waals surface area (Å²) in [6.45, 7) is 17.3. The molecule has 1 aliphatic rings. The summed E-state index contributed by atoms with van der Waals surface area (Å²) in [6, 6.07) is 3.48. The number of aromatic nitrogens is 2. The van der Waals surface area contributed by atoms with E-state index in [0.29, 0.717) is 56.9 Å². The Morgan fingerprint density at radius 3 is 2.17 bits per heavy atom. The van der Waals surface area contributed by atoms with Crippen LogP contribution in [0.15, 0.2) is 12.1 Å². The number of ether oxygens (including phenoxy) is 3. The topological polar surface area (TPSA) is 129 Å². The third-order valence-electron chi connectivity index (χ3n) is 6.59. The van der Waals surface area contributed by atoms with E-state index < -0.39 is 17.2 Å². The molecule has 3 rings (SSSR count). The average molecular weight is 561 g/mol. The number of fused-ring (bicyclic) bond motifs is 1. The number of carbonyl (C=O) groups excluding carboxylic acids is 3. The van der Waals surface area contributed by atoms with E-state index in [1.54, 1.807) is 37.8 Å². The van der Waals surface area contributed by atoms with Crippen LogP contribution in [-0.2, 0) is 33.9 Å². The molecule has 2 aromatic rings. The molecule has 1 saturated heterocycles. The maximum atomic E-state index is 13.6. The first-order valence-corrected chi connectivity index (χ1v) is 14.1. The Labute approximate surface area is 236 Å². The molecule has 11 nitrogen and oxygen atoms in total. The molecule has 2 heterocycles. The SMILES string of the molecule is CCn1c(CN)[n+](CC)c2cc(C(=O)NC3CCN(C(=O)OC(C)(C)C)CC3)c(OCC(=O)OC(C)(C)C)cc21. The van der Waals surface area contributed by atoms with Gasteiger partial charge in [-0.1, -0.05) is 0 Å². The first kappa shape index (κ1) is 31.2. The molecule has 0 bridgehead atoms. The summed E-state index contributed by atoms with van der Waals surface area (Å²) in [7, 11) is 0. The number of aryl methyl sites for hydroxylation is 2. The second-order valence-electron chi connectivity index (χ2n) is 12.0. The molecule has 2 amide bonds. The number of benzene rings is 1. The van der Waals surface area contributed by atoms with Crippen LogP contribution in [0.25, 0.3) is 11.0 Å². The minimum Gasteiger partial charge on any atom is -0.481 e. The van der Waals surface area contributed by atoms with Gasteiger partial charge in [0.15, 0.2) is 17.6 Å². The molecule has 11 heteroatoms. The van der Waals surface area contributed by atoms with Crippen molar-refractivity contribution in [2.75, 3.05) is 19.7 Å². The molecule has 3 N–H and O–H groups in total. The van der Waals surface area contributed by atoms with Crippen LogP contribution in [0.3, 0.4) is 0 Å². The summed E-state index contributed by atoms with van der Waals surface area (Å²) >= 11 is 0. The zero-order chi connectivity index (χ0) is 29.8. The highest BCUT2D eigenvalue weighted by Gasteiger charge is 2.30. The highest BCUT2D eigenvalue weighted by atomic mass is 16.6. The summed E-state index contributed by atoms with van der Waals surface area (Å²) < 4.78 is 21.0. The molecule has 0 radical (unpaired) electrons. The van der Waals surface area contributed by atoms with E-state index in [0.717, 1.165) is 16.9 Å². The van der Waals surface area contributed by atoms with Crippen LogP contribution < -0.4 is 20.4 Å². The van der Waals surface area contributed by atoms with Crippen molar-refractivity contribution in [1.29, 1.82) is 0 Å². The van der Waals surface area contributed by atoms with E-state index >= 15 is 0 Å². The summed E-state index contributed by atoms with van der Waals surface area (Å²) in [6.07, 6.45) is 0.848. The van der Waals surface area contributed by atoms with Gasteiger partial charge in [-0.25, -0.2) is 18.7 Å². The molecule has 1 aliphatic heterocycles. The number of rotatable bonds is 8. The number of hydrogen-bond donors (Lipinski definition) is 2. The molecule has 1 aromatic heterocycles. The normalized spacial score (nSPS) is 14.8. The molecule has 40 heavy (non-hydrogen) atoms. The van der Waals surface area contributed by atoms with Crippen molar-refractivity contribution in [3.63, 3.8) is 0 Å². The van der Waals surface area contributed by atoms with Crippen molar-refractivity contribution >= 4 is 29.0 Å². The third-order valence-corrected chi connectivity index (χ3v) is 6.59. The summed E-state index contributed by atoms with van der Waals surface area (Å²) in [5.74, 6) is 0.398. The van der Waals surface area contributed by atoms with Gasteiger partial charge < -0.3 is 30.2 Å². The Hall–Kier alpha value is -3.34. The Balaban J connectivity index is 1.87. The molecule has 1 aromatic carbocycles. The van der Waals surface area contributed by atoms with E-state index in [4.69, 9.17) is 19.9 Å². The number of hydrogen-bond acceptors (Lipinski definition) is 7. The van der Waals surface area contributed by atoms with Crippen molar-refractivity contribution < 1.29 is 33.2 Å². The van der Waals surface area contributed by atoms with Gasteiger partial charge in [0.2, 0.25) is 0 Å². The largest absolute Gasteiger partial charge is 0.481 e. The lowest BCUT2D eigenvalue weighted by molar-refractivity contribution is -0.676. The predicted molar refractivity (Wildman–Crippen MR) is 151 cm³/mol. The summed E-state index contributed by atoms with van der Waals surface area (Å²) in [4.78, 5) is 40.2.